The lowest BCUT2D eigenvalue weighted by Gasteiger charge is -2.32. The average Bonchev–Trinajstić information content (AvgIpc) is 2.45. The lowest BCUT2D eigenvalue weighted by Crippen LogP contribution is -2.48. The minimum absolute atomic E-state index is 0.524. The SMILES string of the molecule is CCOCCNC(=NC)NCC(C(CC)CC)N(C)C. The van der Waals surface area contributed by atoms with Gasteiger partial charge in [0.15, 0.2) is 5.96 Å². The Hall–Kier alpha value is -0.810. The van der Waals surface area contributed by atoms with E-state index in [2.05, 4.69) is 48.5 Å². The summed E-state index contributed by atoms with van der Waals surface area (Å²) < 4.78 is 5.31. The zero-order chi connectivity index (χ0) is 15.4. The van der Waals surface area contributed by atoms with E-state index in [9.17, 15) is 0 Å². The summed E-state index contributed by atoms with van der Waals surface area (Å²) in [6.07, 6.45) is 2.41. The molecule has 0 saturated heterocycles. The lowest BCUT2D eigenvalue weighted by molar-refractivity contribution is 0.152. The first-order chi connectivity index (χ1) is 9.60. The van der Waals surface area contributed by atoms with Gasteiger partial charge in [-0.15, -0.1) is 0 Å². The van der Waals surface area contributed by atoms with E-state index in [0.717, 1.165) is 25.7 Å². The van der Waals surface area contributed by atoms with Crippen molar-refractivity contribution in [2.75, 3.05) is 47.4 Å². The van der Waals surface area contributed by atoms with E-state index in [1.54, 1.807) is 7.05 Å². The number of nitrogens with zero attached hydrogens (tertiary/aromatic N) is 2. The standard InChI is InChI=1S/C15H34N4O/c1-7-13(8-2)14(19(5)6)12-18-15(16-4)17-10-11-20-9-3/h13-14H,7-12H2,1-6H3,(H2,16,17,18). The van der Waals surface area contributed by atoms with Crippen LogP contribution in [0.5, 0.6) is 0 Å². The van der Waals surface area contributed by atoms with Gasteiger partial charge in [-0.25, -0.2) is 0 Å². The quantitative estimate of drug-likeness (QED) is 0.363. The molecule has 1 unspecified atom stereocenters. The van der Waals surface area contributed by atoms with Gasteiger partial charge in [0.25, 0.3) is 0 Å². The van der Waals surface area contributed by atoms with Crippen molar-refractivity contribution in [3.63, 3.8) is 0 Å². The second-order valence-corrected chi connectivity index (χ2v) is 5.18. The summed E-state index contributed by atoms with van der Waals surface area (Å²) in [6.45, 7) is 9.69. The van der Waals surface area contributed by atoms with Crippen molar-refractivity contribution in [2.45, 2.75) is 39.7 Å². The van der Waals surface area contributed by atoms with Gasteiger partial charge in [-0.05, 0) is 26.9 Å². The Morgan fingerprint density at radius 3 is 2.25 bits per heavy atom. The summed E-state index contributed by atoms with van der Waals surface area (Å²) in [7, 11) is 6.10. The number of ether oxygens (including phenoxy) is 1. The monoisotopic (exact) mass is 286 g/mol. The van der Waals surface area contributed by atoms with Gasteiger partial charge in [-0.1, -0.05) is 26.7 Å². The Labute approximate surface area is 125 Å². The predicted molar refractivity (Wildman–Crippen MR) is 87.4 cm³/mol. The van der Waals surface area contributed by atoms with Gasteiger partial charge < -0.3 is 20.3 Å². The van der Waals surface area contributed by atoms with Gasteiger partial charge in [0, 0.05) is 32.8 Å². The molecule has 0 fully saturated rings. The maximum atomic E-state index is 5.31. The summed E-state index contributed by atoms with van der Waals surface area (Å²) in [4.78, 5) is 6.55. The Morgan fingerprint density at radius 2 is 1.80 bits per heavy atom. The van der Waals surface area contributed by atoms with Crippen molar-refractivity contribution in [2.24, 2.45) is 10.9 Å². The van der Waals surface area contributed by atoms with E-state index in [1.807, 2.05) is 6.92 Å². The van der Waals surface area contributed by atoms with Gasteiger partial charge in [0.05, 0.1) is 6.61 Å². The highest BCUT2D eigenvalue weighted by Gasteiger charge is 2.20. The fraction of sp³-hybridized carbons (Fsp3) is 0.933. The first-order valence-corrected chi connectivity index (χ1v) is 7.79. The van der Waals surface area contributed by atoms with Gasteiger partial charge in [-0.3, -0.25) is 4.99 Å². The zero-order valence-electron chi connectivity index (χ0n) is 14.2. The molecule has 20 heavy (non-hydrogen) atoms. The summed E-state index contributed by atoms with van der Waals surface area (Å²) in [5, 5.41) is 6.69. The highest BCUT2D eigenvalue weighted by Crippen LogP contribution is 2.16. The number of hydrogen-bond donors (Lipinski definition) is 2. The number of guanidine groups is 1. The molecule has 0 bridgehead atoms. The summed E-state index contributed by atoms with van der Waals surface area (Å²) in [6, 6.07) is 0.524. The largest absolute Gasteiger partial charge is 0.380 e. The molecule has 0 spiro atoms. The Bertz CT molecular complexity index is 252. The molecule has 0 aliphatic heterocycles. The van der Waals surface area contributed by atoms with Gasteiger partial charge in [0.2, 0.25) is 0 Å². The van der Waals surface area contributed by atoms with Crippen LogP contribution in [0.2, 0.25) is 0 Å². The number of nitrogens with one attached hydrogen (secondary N) is 2. The maximum absolute atomic E-state index is 5.31. The third-order valence-electron chi connectivity index (χ3n) is 3.70. The van der Waals surface area contributed by atoms with Crippen molar-refractivity contribution in [1.29, 1.82) is 0 Å². The summed E-state index contributed by atoms with van der Waals surface area (Å²) in [5.74, 6) is 1.56. The van der Waals surface area contributed by atoms with Crippen molar-refractivity contribution >= 4 is 5.96 Å². The van der Waals surface area contributed by atoms with E-state index < -0.39 is 0 Å². The fourth-order valence-electron chi connectivity index (χ4n) is 2.41. The van der Waals surface area contributed by atoms with Crippen molar-refractivity contribution in [3.05, 3.63) is 0 Å². The van der Waals surface area contributed by atoms with Crippen LogP contribution in [0.4, 0.5) is 0 Å². The lowest BCUT2D eigenvalue weighted by atomic mass is 9.93. The second-order valence-electron chi connectivity index (χ2n) is 5.18. The van der Waals surface area contributed by atoms with Crippen molar-refractivity contribution in [1.82, 2.24) is 15.5 Å². The molecule has 5 heteroatoms. The van der Waals surface area contributed by atoms with E-state index in [0.29, 0.717) is 18.6 Å². The molecule has 2 N–H and O–H groups in total. The zero-order valence-corrected chi connectivity index (χ0v) is 14.2. The molecule has 0 saturated carbocycles. The third-order valence-corrected chi connectivity index (χ3v) is 3.70. The maximum Gasteiger partial charge on any atom is 0.191 e. The van der Waals surface area contributed by atoms with E-state index in [1.165, 1.54) is 12.8 Å². The minimum atomic E-state index is 0.524. The fourth-order valence-corrected chi connectivity index (χ4v) is 2.41. The highest BCUT2D eigenvalue weighted by atomic mass is 16.5. The topological polar surface area (TPSA) is 48.9 Å². The van der Waals surface area contributed by atoms with Crippen LogP contribution in [0.1, 0.15) is 33.6 Å². The predicted octanol–water partition coefficient (Wildman–Crippen LogP) is 1.55. The Kier molecular flexibility index (Phi) is 11.5. The molecule has 1 atom stereocenters. The minimum Gasteiger partial charge on any atom is -0.380 e. The Morgan fingerprint density at radius 1 is 1.15 bits per heavy atom. The Balaban J connectivity index is 4.23. The molecule has 0 aliphatic rings. The van der Waals surface area contributed by atoms with E-state index in [-0.39, 0.29) is 0 Å². The third kappa shape index (κ3) is 7.70. The number of hydrogen-bond acceptors (Lipinski definition) is 3. The second kappa shape index (κ2) is 12.0. The van der Waals surface area contributed by atoms with Crippen LogP contribution in [0.15, 0.2) is 4.99 Å². The van der Waals surface area contributed by atoms with Crippen LogP contribution in [0.3, 0.4) is 0 Å². The molecule has 0 rings (SSSR count). The molecule has 0 amide bonds. The molecule has 0 heterocycles. The average molecular weight is 286 g/mol. The van der Waals surface area contributed by atoms with Crippen LogP contribution in [-0.4, -0.2) is 64.3 Å². The van der Waals surface area contributed by atoms with E-state index >= 15 is 0 Å². The summed E-state index contributed by atoms with van der Waals surface area (Å²) >= 11 is 0. The van der Waals surface area contributed by atoms with Crippen LogP contribution in [0.25, 0.3) is 0 Å². The van der Waals surface area contributed by atoms with Gasteiger partial charge in [0.1, 0.15) is 0 Å². The number of likely N-dealkylation sites (N-methyl/N-ethyl adjacent to an activating group) is 1. The normalized spacial score (nSPS) is 13.9. The molecular formula is C15H34N4O. The number of aliphatic imine (C=N–C) groups is 1. The highest BCUT2D eigenvalue weighted by molar-refractivity contribution is 5.79. The molecule has 0 aromatic heterocycles. The van der Waals surface area contributed by atoms with Crippen LogP contribution >= 0.6 is 0 Å². The molecular weight excluding hydrogens is 252 g/mol. The first kappa shape index (κ1) is 19.2. The molecule has 0 radical (unpaired) electrons. The number of rotatable bonds is 10. The molecule has 0 aliphatic carbocycles. The smallest absolute Gasteiger partial charge is 0.191 e. The molecule has 0 aromatic rings. The van der Waals surface area contributed by atoms with Crippen LogP contribution < -0.4 is 10.6 Å². The molecule has 120 valence electrons. The molecule has 0 aromatic carbocycles. The van der Waals surface area contributed by atoms with Crippen LogP contribution in [-0.2, 0) is 4.74 Å². The van der Waals surface area contributed by atoms with Gasteiger partial charge >= 0.3 is 0 Å². The summed E-state index contributed by atoms with van der Waals surface area (Å²) in [5.41, 5.74) is 0. The van der Waals surface area contributed by atoms with Crippen molar-refractivity contribution in [3.8, 4) is 0 Å². The molecule has 5 nitrogen and oxygen atoms in total. The van der Waals surface area contributed by atoms with Gasteiger partial charge in [-0.2, -0.15) is 0 Å². The van der Waals surface area contributed by atoms with Crippen LogP contribution in [0, 0.1) is 5.92 Å². The van der Waals surface area contributed by atoms with Crippen molar-refractivity contribution < 1.29 is 4.74 Å². The van der Waals surface area contributed by atoms with E-state index in [4.69, 9.17) is 4.74 Å². The first-order valence-electron chi connectivity index (χ1n) is 7.79.